The molecule has 0 radical (unpaired) electrons. The van der Waals surface area contributed by atoms with Crippen LogP contribution < -0.4 is 4.90 Å². The zero-order valence-corrected chi connectivity index (χ0v) is 30.4. The summed E-state index contributed by atoms with van der Waals surface area (Å²) in [7, 11) is 0. The summed E-state index contributed by atoms with van der Waals surface area (Å²) in [6.07, 6.45) is 0. The fourth-order valence-corrected chi connectivity index (χ4v) is 8.98. The van der Waals surface area contributed by atoms with Crippen LogP contribution in [0.15, 0.2) is 212 Å². The molecule has 2 heteroatoms. The number of para-hydroxylation sites is 1. The van der Waals surface area contributed by atoms with Gasteiger partial charge in [0.1, 0.15) is 0 Å². The van der Waals surface area contributed by atoms with Crippen molar-refractivity contribution in [1.29, 1.82) is 0 Å². The second kappa shape index (κ2) is 13.7. The van der Waals surface area contributed by atoms with E-state index in [2.05, 4.69) is 217 Å². The Morgan fingerprint density at radius 2 is 0.778 bits per heavy atom. The lowest BCUT2D eigenvalue weighted by Crippen LogP contribution is -2.11. The van der Waals surface area contributed by atoms with E-state index in [1.807, 2.05) is 11.3 Å². The van der Waals surface area contributed by atoms with Crippen LogP contribution in [0.4, 0.5) is 17.1 Å². The van der Waals surface area contributed by atoms with Gasteiger partial charge < -0.3 is 4.90 Å². The van der Waals surface area contributed by atoms with Gasteiger partial charge in [-0.2, -0.15) is 0 Å². The highest BCUT2D eigenvalue weighted by atomic mass is 32.1. The number of hydrogen-bond acceptors (Lipinski definition) is 2. The molecule has 0 aliphatic rings. The molecular formula is C52H35NS. The SMILES string of the molecule is c1ccc(-c2ccc(-c3ccc(N(c4ccc(-c5ccccc5)cc4)c4ccccc4-c4cccc5ccc6sc7ccccc7c6c45)cc3)cc2)cc1. The van der Waals surface area contributed by atoms with E-state index in [9.17, 15) is 0 Å². The van der Waals surface area contributed by atoms with E-state index >= 15 is 0 Å². The zero-order chi connectivity index (χ0) is 35.8. The summed E-state index contributed by atoms with van der Waals surface area (Å²) in [6.45, 7) is 0. The summed E-state index contributed by atoms with van der Waals surface area (Å²) < 4.78 is 2.63. The van der Waals surface area contributed by atoms with Gasteiger partial charge in [-0.05, 0) is 92.2 Å². The smallest absolute Gasteiger partial charge is 0.0540 e. The molecule has 9 aromatic carbocycles. The second-order valence-corrected chi connectivity index (χ2v) is 14.8. The lowest BCUT2D eigenvalue weighted by atomic mass is 9.93. The van der Waals surface area contributed by atoms with Crippen molar-refractivity contribution in [3.63, 3.8) is 0 Å². The Kier molecular flexibility index (Phi) is 8.09. The van der Waals surface area contributed by atoms with E-state index in [0.29, 0.717) is 0 Å². The molecule has 10 rings (SSSR count). The molecular weight excluding hydrogens is 671 g/mol. The zero-order valence-electron chi connectivity index (χ0n) is 29.6. The second-order valence-electron chi connectivity index (χ2n) is 13.7. The van der Waals surface area contributed by atoms with Crippen LogP contribution >= 0.6 is 11.3 Å². The predicted molar refractivity (Wildman–Crippen MR) is 233 cm³/mol. The van der Waals surface area contributed by atoms with E-state index in [1.54, 1.807) is 0 Å². The van der Waals surface area contributed by atoms with Crippen LogP contribution in [0.25, 0.3) is 75.5 Å². The Balaban J connectivity index is 1.12. The van der Waals surface area contributed by atoms with Gasteiger partial charge in [0.25, 0.3) is 0 Å². The minimum atomic E-state index is 1.10. The monoisotopic (exact) mass is 705 g/mol. The maximum absolute atomic E-state index is 2.41. The van der Waals surface area contributed by atoms with E-state index in [-0.39, 0.29) is 0 Å². The third kappa shape index (κ3) is 5.74. The molecule has 10 aromatic rings. The fourth-order valence-electron chi connectivity index (χ4n) is 7.86. The van der Waals surface area contributed by atoms with Crippen LogP contribution in [-0.4, -0.2) is 0 Å². The molecule has 0 fully saturated rings. The predicted octanol–water partition coefficient (Wildman–Crippen LogP) is 15.3. The lowest BCUT2D eigenvalue weighted by Gasteiger charge is -2.28. The summed E-state index contributed by atoms with van der Waals surface area (Å²) in [6, 6.07) is 77.0. The van der Waals surface area contributed by atoms with Gasteiger partial charge in [-0.15, -0.1) is 11.3 Å². The molecule has 1 aromatic heterocycles. The fraction of sp³-hybridized carbons (Fsp3) is 0. The van der Waals surface area contributed by atoms with Crippen molar-refractivity contribution in [2.45, 2.75) is 0 Å². The molecule has 54 heavy (non-hydrogen) atoms. The molecule has 0 bridgehead atoms. The lowest BCUT2D eigenvalue weighted by molar-refractivity contribution is 1.28. The highest BCUT2D eigenvalue weighted by Gasteiger charge is 2.20. The summed E-state index contributed by atoms with van der Waals surface area (Å²) in [5, 5.41) is 5.20. The summed E-state index contributed by atoms with van der Waals surface area (Å²) in [5.41, 5.74) is 13.0. The summed E-state index contributed by atoms with van der Waals surface area (Å²) in [4.78, 5) is 2.41. The highest BCUT2D eigenvalue weighted by Crippen LogP contribution is 2.47. The molecule has 254 valence electrons. The first-order chi connectivity index (χ1) is 26.8. The van der Waals surface area contributed by atoms with Crippen molar-refractivity contribution in [1.82, 2.24) is 0 Å². The number of nitrogens with zero attached hydrogens (tertiary/aromatic N) is 1. The van der Waals surface area contributed by atoms with Crippen molar-refractivity contribution in [3.8, 4) is 44.5 Å². The van der Waals surface area contributed by atoms with Crippen LogP contribution in [0.5, 0.6) is 0 Å². The molecule has 0 saturated heterocycles. The first kappa shape index (κ1) is 32.0. The maximum atomic E-state index is 2.41. The molecule has 0 unspecified atom stereocenters. The largest absolute Gasteiger partial charge is 0.310 e. The Hall–Kier alpha value is -6.74. The highest BCUT2D eigenvalue weighted by molar-refractivity contribution is 7.26. The Morgan fingerprint density at radius 3 is 1.39 bits per heavy atom. The first-order valence-corrected chi connectivity index (χ1v) is 19.2. The van der Waals surface area contributed by atoms with Gasteiger partial charge in [0.2, 0.25) is 0 Å². The Labute approximate surface area is 319 Å². The van der Waals surface area contributed by atoms with Crippen LogP contribution in [-0.2, 0) is 0 Å². The van der Waals surface area contributed by atoms with Crippen LogP contribution in [0.1, 0.15) is 0 Å². The third-order valence-corrected chi connectivity index (χ3v) is 11.6. The molecule has 1 nitrogen and oxygen atoms in total. The number of anilines is 3. The molecule has 1 heterocycles. The van der Waals surface area contributed by atoms with Crippen molar-refractivity contribution >= 4 is 59.3 Å². The molecule has 0 N–H and O–H groups in total. The van der Waals surface area contributed by atoms with Crippen molar-refractivity contribution in [2.75, 3.05) is 4.90 Å². The van der Waals surface area contributed by atoms with Crippen molar-refractivity contribution < 1.29 is 0 Å². The molecule has 0 aliphatic heterocycles. The average Bonchev–Trinajstić information content (AvgIpc) is 3.64. The number of rotatable bonds is 7. The van der Waals surface area contributed by atoms with Crippen LogP contribution in [0.2, 0.25) is 0 Å². The summed E-state index contributed by atoms with van der Waals surface area (Å²) in [5.74, 6) is 0. The Morgan fingerprint density at radius 1 is 0.296 bits per heavy atom. The minimum absolute atomic E-state index is 1.10. The van der Waals surface area contributed by atoms with Gasteiger partial charge in [0.15, 0.2) is 0 Å². The number of hydrogen-bond donors (Lipinski definition) is 0. The van der Waals surface area contributed by atoms with Crippen molar-refractivity contribution in [3.05, 3.63) is 212 Å². The van der Waals surface area contributed by atoms with Crippen LogP contribution in [0, 0.1) is 0 Å². The van der Waals surface area contributed by atoms with Gasteiger partial charge in [-0.25, -0.2) is 0 Å². The van der Waals surface area contributed by atoms with Gasteiger partial charge >= 0.3 is 0 Å². The summed E-state index contributed by atoms with van der Waals surface area (Å²) >= 11 is 1.87. The Bertz CT molecular complexity index is 2890. The first-order valence-electron chi connectivity index (χ1n) is 18.4. The number of fused-ring (bicyclic) bond motifs is 5. The molecule has 0 atom stereocenters. The molecule has 0 saturated carbocycles. The van der Waals surface area contributed by atoms with Crippen LogP contribution in [0.3, 0.4) is 0 Å². The maximum Gasteiger partial charge on any atom is 0.0540 e. The van der Waals surface area contributed by atoms with Gasteiger partial charge in [-0.1, -0.05) is 170 Å². The standard InChI is InChI=1S/C52H35NS/c1-3-12-36(13-4-1)38-22-24-39(25-23-38)41-28-33-44(34-29-41)53(43-31-26-40(27-32-43)37-14-5-2-6-15-37)48-20-9-7-17-45(48)46-19-11-16-42-30-35-50-52(51(42)46)47-18-8-10-21-49(47)54-50/h1-35H. The third-order valence-electron chi connectivity index (χ3n) is 10.5. The molecule has 0 aliphatic carbocycles. The number of benzene rings is 9. The topological polar surface area (TPSA) is 3.24 Å². The minimum Gasteiger partial charge on any atom is -0.310 e. The average molecular weight is 706 g/mol. The van der Waals surface area contributed by atoms with E-state index < -0.39 is 0 Å². The molecule has 0 amide bonds. The molecule has 0 spiro atoms. The van der Waals surface area contributed by atoms with E-state index in [0.717, 1.165) is 17.1 Å². The van der Waals surface area contributed by atoms with E-state index in [1.165, 1.54) is 75.5 Å². The normalized spacial score (nSPS) is 11.3. The quantitative estimate of drug-likeness (QED) is 0.160. The van der Waals surface area contributed by atoms with Gasteiger partial charge in [-0.3, -0.25) is 0 Å². The van der Waals surface area contributed by atoms with Gasteiger partial charge in [0, 0.05) is 37.1 Å². The number of thiophene rings is 1. The van der Waals surface area contributed by atoms with Crippen molar-refractivity contribution in [2.24, 2.45) is 0 Å². The van der Waals surface area contributed by atoms with Gasteiger partial charge in [0.05, 0.1) is 5.69 Å². The van der Waals surface area contributed by atoms with E-state index in [4.69, 9.17) is 0 Å².